The third-order valence-corrected chi connectivity index (χ3v) is 4.23. The number of guanidine groups is 1. The Kier molecular flexibility index (Phi) is 7.79. The summed E-state index contributed by atoms with van der Waals surface area (Å²) in [4.78, 5) is 18.1. The van der Waals surface area contributed by atoms with Gasteiger partial charge in [-0.1, -0.05) is 31.2 Å². The number of benzene rings is 1. The molecule has 1 amide bonds. The van der Waals surface area contributed by atoms with Gasteiger partial charge in [0, 0.05) is 33.6 Å². The van der Waals surface area contributed by atoms with Gasteiger partial charge in [-0.15, -0.1) is 10.2 Å². The van der Waals surface area contributed by atoms with Crippen molar-refractivity contribution in [3.63, 3.8) is 0 Å². The lowest BCUT2D eigenvalue weighted by Crippen LogP contribution is -2.43. The molecule has 0 aliphatic carbocycles. The number of hydrogen-bond donors (Lipinski definition) is 2. The van der Waals surface area contributed by atoms with E-state index in [2.05, 4.69) is 51.8 Å². The van der Waals surface area contributed by atoms with Gasteiger partial charge in [0.15, 0.2) is 5.96 Å². The van der Waals surface area contributed by atoms with E-state index in [9.17, 15) is 4.79 Å². The molecule has 2 rings (SSSR count). The molecule has 1 aromatic heterocycles. The summed E-state index contributed by atoms with van der Waals surface area (Å²) in [6.07, 6.45) is 2.57. The highest BCUT2D eigenvalue weighted by molar-refractivity contribution is 5.86. The van der Waals surface area contributed by atoms with E-state index >= 15 is 0 Å². The number of aryl methyl sites for hydroxylation is 2. The predicted octanol–water partition coefficient (Wildman–Crippen LogP) is 0.973. The maximum atomic E-state index is 11.9. The topological polar surface area (TPSA) is 87.4 Å². The summed E-state index contributed by atoms with van der Waals surface area (Å²) < 4.78 is 2.01. The van der Waals surface area contributed by atoms with E-state index in [4.69, 9.17) is 0 Å². The van der Waals surface area contributed by atoms with Crippen LogP contribution in [0.4, 0.5) is 0 Å². The van der Waals surface area contributed by atoms with Crippen LogP contribution in [0.3, 0.4) is 0 Å². The molecule has 8 heteroatoms. The van der Waals surface area contributed by atoms with E-state index in [-0.39, 0.29) is 12.5 Å². The fraction of sp³-hybridized carbons (Fsp3) is 0.474. The predicted molar refractivity (Wildman–Crippen MR) is 106 cm³/mol. The molecule has 0 saturated heterocycles. The molecule has 8 nitrogen and oxygen atoms in total. The highest BCUT2D eigenvalue weighted by Crippen LogP contribution is 2.07. The molecule has 27 heavy (non-hydrogen) atoms. The number of aromatic nitrogens is 3. The summed E-state index contributed by atoms with van der Waals surface area (Å²) in [7, 11) is 3.47. The Labute approximate surface area is 160 Å². The lowest BCUT2D eigenvalue weighted by Gasteiger charge is -2.15. The summed E-state index contributed by atoms with van der Waals surface area (Å²) in [5, 5.41) is 14.4. The van der Waals surface area contributed by atoms with Crippen molar-refractivity contribution in [1.82, 2.24) is 30.3 Å². The van der Waals surface area contributed by atoms with Crippen LogP contribution in [0.15, 0.2) is 35.6 Å². The lowest BCUT2D eigenvalue weighted by atomic mass is 10.1. The minimum absolute atomic E-state index is 0.00697. The first-order valence-electron chi connectivity index (χ1n) is 9.14. The molecular weight excluding hydrogens is 342 g/mol. The lowest BCUT2D eigenvalue weighted by molar-refractivity contribution is -0.127. The van der Waals surface area contributed by atoms with Crippen LogP contribution in [0, 0.1) is 6.92 Å². The fourth-order valence-corrected chi connectivity index (χ4v) is 2.48. The van der Waals surface area contributed by atoms with Crippen LogP contribution in [-0.4, -0.2) is 58.7 Å². The Morgan fingerprint density at radius 3 is 2.74 bits per heavy atom. The van der Waals surface area contributed by atoms with Gasteiger partial charge in [-0.3, -0.25) is 4.79 Å². The van der Waals surface area contributed by atoms with Crippen molar-refractivity contribution in [2.45, 2.75) is 33.4 Å². The van der Waals surface area contributed by atoms with E-state index in [1.54, 1.807) is 25.3 Å². The molecule has 0 saturated carbocycles. The fourth-order valence-electron chi connectivity index (χ4n) is 2.48. The number of carbonyl (C=O) groups excluding carboxylic acids is 1. The van der Waals surface area contributed by atoms with Crippen molar-refractivity contribution in [3.8, 4) is 0 Å². The number of nitrogens with zero attached hydrogens (tertiary/aromatic N) is 5. The molecule has 0 spiro atoms. The average molecular weight is 371 g/mol. The van der Waals surface area contributed by atoms with Crippen molar-refractivity contribution >= 4 is 11.9 Å². The summed E-state index contributed by atoms with van der Waals surface area (Å²) >= 11 is 0. The van der Waals surface area contributed by atoms with E-state index in [0.29, 0.717) is 19.0 Å². The van der Waals surface area contributed by atoms with Crippen LogP contribution in [0.1, 0.15) is 23.9 Å². The molecule has 2 N–H and O–H groups in total. The Morgan fingerprint density at radius 2 is 2.04 bits per heavy atom. The zero-order valence-electron chi connectivity index (χ0n) is 16.6. The average Bonchev–Trinajstić information content (AvgIpc) is 3.11. The van der Waals surface area contributed by atoms with Gasteiger partial charge in [-0.25, -0.2) is 4.99 Å². The quantitative estimate of drug-likeness (QED) is 0.533. The van der Waals surface area contributed by atoms with Crippen LogP contribution >= 0.6 is 0 Å². The number of amides is 1. The van der Waals surface area contributed by atoms with Gasteiger partial charge in [0.2, 0.25) is 5.91 Å². The SMILES string of the molecule is CCc1nncn1CCNC(=NCc1ccccc1C)NCC(=O)N(C)C. The van der Waals surface area contributed by atoms with Crippen LogP contribution in [0.5, 0.6) is 0 Å². The van der Waals surface area contributed by atoms with E-state index < -0.39 is 0 Å². The van der Waals surface area contributed by atoms with Crippen LogP contribution in [0.25, 0.3) is 0 Å². The first-order chi connectivity index (χ1) is 13.0. The largest absolute Gasteiger partial charge is 0.355 e. The molecule has 0 aliphatic rings. The summed E-state index contributed by atoms with van der Waals surface area (Å²) in [5.74, 6) is 1.55. The smallest absolute Gasteiger partial charge is 0.241 e. The van der Waals surface area contributed by atoms with Crippen molar-refractivity contribution in [1.29, 1.82) is 0 Å². The standard InChI is InChI=1S/C19H29N7O/c1-5-17-24-23-14-26(17)11-10-20-19(22-13-18(27)25(3)4)21-12-16-9-7-6-8-15(16)2/h6-9,14H,5,10-13H2,1-4H3,(H2,20,21,22). The number of rotatable bonds is 8. The molecule has 1 aromatic carbocycles. The zero-order chi connectivity index (χ0) is 19.6. The summed E-state index contributed by atoms with van der Waals surface area (Å²) in [6, 6.07) is 8.15. The molecular formula is C19H29N7O. The Morgan fingerprint density at radius 1 is 1.26 bits per heavy atom. The van der Waals surface area contributed by atoms with E-state index in [1.165, 1.54) is 5.56 Å². The second-order valence-corrected chi connectivity index (χ2v) is 6.45. The highest BCUT2D eigenvalue weighted by atomic mass is 16.2. The maximum Gasteiger partial charge on any atom is 0.241 e. The monoisotopic (exact) mass is 371 g/mol. The summed E-state index contributed by atoms with van der Waals surface area (Å²) in [6.45, 7) is 6.24. The third-order valence-electron chi connectivity index (χ3n) is 4.23. The Hall–Kier alpha value is -2.90. The van der Waals surface area contributed by atoms with Gasteiger partial charge in [0.1, 0.15) is 12.2 Å². The molecule has 1 heterocycles. The molecule has 0 unspecified atom stereocenters. The first kappa shape index (κ1) is 20.4. The normalized spacial score (nSPS) is 11.3. The number of nitrogens with one attached hydrogen (secondary N) is 2. The van der Waals surface area contributed by atoms with Crippen molar-refractivity contribution in [2.24, 2.45) is 4.99 Å². The van der Waals surface area contributed by atoms with Crippen molar-refractivity contribution in [3.05, 3.63) is 47.5 Å². The second kappa shape index (κ2) is 10.3. The van der Waals surface area contributed by atoms with Gasteiger partial charge in [0.25, 0.3) is 0 Å². The van der Waals surface area contributed by atoms with Gasteiger partial charge in [-0.2, -0.15) is 0 Å². The van der Waals surface area contributed by atoms with Gasteiger partial charge >= 0.3 is 0 Å². The highest BCUT2D eigenvalue weighted by Gasteiger charge is 2.07. The molecule has 0 radical (unpaired) electrons. The van der Waals surface area contributed by atoms with E-state index in [1.807, 2.05) is 16.7 Å². The van der Waals surface area contributed by atoms with Crippen molar-refractivity contribution < 1.29 is 4.79 Å². The first-order valence-corrected chi connectivity index (χ1v) is 9.14. The third kappa shape index (κ3) is 6.40. The van der Waals surface area contributed by atoms with Crippen LogP contribution in [0.2, 0.25) is 0 Å². The van der Waals surface area contributed by atoms with Crippen LogP contribution < -0.4 is 10.6 Å². The van der Waals surface area contributed by atoms with Crippen molar-refractivity contribution in [2.75, 3.05) is 27.2 Å². The number of hydrogen-bond acceptors (Lipinski definition) is 4. The molecule has 0 fully saturated rings. The van der Waals surface area contributed by atoms with Gasteiger partial charge in [-0.05, 0) is 18.1 Å². The van der Waals surface area contributed by atoms with E-state index in [0.717, 1.165) is 24.4 Å². The summed E-state index contributed by atoms with van der Waals surface area (Å²) in [5.41, 5.74) is 2.35. The minimum atomic E-state index is -0.00697. The Bertz CT molecular complexity index is 767. The van der Waals surface area contributed by atoms with Gasteiger partial charge < -0.3 is 20.1 Å². The maximum absolute atomic E-state index is 11.9. The van der Waals surface area contributed by atoms with Gasteiger partial charge in [0.05, 0.1) is 13.1 Å². The van der Waals surface area contributed by atoms with Crippen LogP contribution in [-0.2, 0) is 24.3 Å². The minimum Gasteiger partial charge on any atom is -0.355 e. The molecule has 0 aliphatic heterocycles. The molecule has 0 bridgehead atoms. The molecule has 0 atom stereocenters. The zero-order valence-corrected chi connectivity index (χ0v) is 16.6. The Balaban J connectivity index is 1.98. The molecule has 2 aromatic rings. The second-order valence-electron chi connectivity index (χ2n) is 6.45. The number of likely N-dealkylation sites (N-methyl/N-ethyl adjacent to an activating group) is 1. The molecule has 146 valence electrons. The number of aliphatic imine (C=N–C) groups is 1. The number of carbonyl (C=O) groups is 1.